The molecule has 0 spiro atoms. The number of fused-ring (bicyclic) bond motifs is 1. The topological polar surface area (TPSA) is 71.2 Å². The normalized spacial score (nSPS) is 10.5. The number of benzene rings is 1. The molecule has 0 aliphatic heterocycles. The van der Waals surface area contributed by atoms with Crippen molar-refractivity contribution < 1.29 is 14.3 Å². The Morgan fingerprint density at radius 3 is 2.86 bits per heavy atom. The van der Waals surface area contributed by atoms with E-state index in [1.165, 1.54) is 0 Å². The third kappa shape index (κ3) is 4.08. The van der Waals surface area contributed by atoms with Crippen molar-refractivity contribution in [2.75, 3.05) is 13.2 Å². The Bertz CT molecular complexity index is 619. The number of aromatic nitrogens is 1. The molecule has 1 aromatic heterocycles. The van der Waals surface area contributed by atoms with E-state index >= 15 is 0 Å². The van der Waals surface area contributed by atoms with Gasteiger partial charge in [0.2, 0.25) is 0 Å². The predicted molar refractivity (Wildman–Crippen MR) is 81.1 cm³/mol. The summed E-state index contributed by atoms with van der Waals surface area (Å²) in [6.07, 6.45) is 4.73. The van der Waals surface area contributed by atoms with Crippen molar-refractivity contribution in [2.45, 2.75) is 26.2 Å². The second kappa shape index (κ2) is 7.47. The van der Waals surface area contributed by atoms with Crippen LogP contribution in [0.25, 0.3) is 10.9 Å². The maximum absolute atomic E-state index is 12.0. The van der Waals surface area contributed by atoms with Crippen molar-refractivity contribution in [2.24, 2.45) is 0 Å². The van der Waals surface area contributed by atoms with Crippen LogP contribution in [0.5, 0.6) is 0 Å². The molecule has 0 saturated heterocycles. The zero-order valence-corrected chi connectivity index (χ0v) is 12.1. The first-order valence-corrected chi connectivity index (χ1v) is 7.22. The highest BCUT2D eigenvalue weighted by Crippen LogP contribution is 2.18. The van der Waals surface area contributed by atoms with Crippen LogP contribution in [-0.2, 0) is 9.53 Å². The van der Waals surface area contributed by atoms with Crippen LogP contribution in [0.2, 0.25) is 0 Å². The van der Waals surface area contributed by atoms with Crippen LogP contribution < -0.4 is 5.32 Å². The first-order valence-electron chi connectivity index (χ1n) is 7.22. The second-order valence-electron chi connectivity index (χ2n) is 4.88. The lowest BCUT2D eigenvalue weighted by molar-refractivity contribution is -0.124. The fourth-order valence-corrected chi connectivity index (χ4v) is 2.10. The van der Waals surface area contributed by atoms with Crippen LogP contribution in [-0.4, -0.2) is 30.0 Å². The van der Waals surface area contributed by atoms with Gasteiger partial charge in [0.25, 0.3) is 5.91 Å². The first kappa shape index (κ1) is 15.1. The Morgan fingerprint density at radius 1 is 1.24 bits per heavy atom. The van der Waals surface area contributed by atoms with Gasteiger partial charge in [0.15, 0.2) is 6.61 Å². The number of aromatic amines is 1. The van der Waals surface area contributed by atoms with E-state index in [1.807, 2.05) is 24.3 Å². The summed E-state index contributed by atoms with van der Waals surface area (Å²) in [4.78, 5) is 26.5. The number of hydrogen-bond acceptors (Lipinski definition) is 3. The lowest BCUT2D eigenvalue weighted by Gasteiger charge is -2.05. The lowest BCUT2D eigenvalue weighted by Crippen LogP contribution is -2.29. The summed E-state index contributed by atoms with van der Waals surface area (Å²) < 4.78 is 5.04. The molecule has 0 bridgehead atoms. The van der Waals surface area contributed by atoms with Crippen LogP contribution in [0.15, 0.2) is 30.5 Å². The van der Waals surface area contributed by atoms with Crippen LogP contribution in [0.1, 0.15) is 36.5 Å². The fraction of sp³-hybridized carbons (Fsp3) is 0.375. The van der Waals surface area contributed by atoms with Crippen LogP contribution >= 0.6 is 0 Å². The summed E-state index contributed by atoms with van der Waals surface area (Å²) in [5.41, 5.74) is 1.32. The molecule has 5 nitrogen and oxygen atoms in total. The van der Waals surface area contributed by atoms with Crippen LogP contribution in [0.3, 0.4) is 0 Å². The fourth-order valence-electron chi connectivity index (χ4n) is 2.10. The number of carbonyl (C=O) groups excluding carboxylic acids is 2. The highest BCUT2D eigenvalue weighted by molar-refractivity contribution is 6.04. The van der Waals surface area contributed by atoms with Gasteiger partial charge in [0.1, 0.15) is 0 Å². The maximum atomic E-state index is 12.0. The molecule has 0 radical (unpaired) electrons. The number of nitrogens with one attached hydrogen (secondary N) is 2. The molecule has 2 N–H and O–H groups in total. The molecule has 0 unspecified atom stereocenters. The van der Waals surface area contributed by atoms with Gasteiger partial charge in [-0.2, -0.15) is 0 Å². The van der Waals surface area contributed by atoms with E-state index in [0.29, 0.717) is 12.1 Å². The van der Waals surface area contributed by atoms with Crippen molar-refractivity contribution in [1.29, 1.82) is 0 Å². The van der Waals surface area contributed by atoms with E-state index in [0.717, 1.165) is 30.2 Å². The van der Waals surface area contributed by atoms with E-state index < -0.39 is 5.97 Å². The quantitative estimate of drug-likeness (QED) is 0.607. The van der Waals surface area contributed by atoms with Crippen molar-refractivity contribution in [1.82, 2.24) is 10.3 Å². The Balaban J connectivity index is 1.83. The Labute approximate surface area is 123 Å². The molecule has 1 heterocycles. The standard InChI is InChI=1S/C16H20N2O3/c1-2-3-6-9-17-15(19)11-21-16(20)13-10-18-14-8-5-4-7-12(13)14/h4-5,7-8,10,18H,2-3,6,9,11H2,1H3,(H,17,19). The van der Waals surface area contributed by atoms with Gasteiger partial charge in [-0.3, -0.25) is 4.79 Å². The lowest BCUT2D eigenvalue weighted by atomic mass is 10.2. The summed E-state index contributed by atoms with van der Waals surface area (Å²) in [5, 5.41) is 3.53. The Kier molecular flexibility index (Phi) is 5.37. The molecule has 2 rings (SSSR count). The van der Waals surface area contributed by atoms with E-state index in [-0.39, 0.29) is 12.5 Å². The molecule has 1 aromatic carbocycles. The molecule has 0 fully saturated rings. The number of unbranched alkanes of at least 4 members (excludes halogenated alkanes) is 2. The number of amides is 1. The Hall–Kier alpha value is -2.30. The molecule has 0 atom stereocenters. The number of H-pyrrole nitrogens is 1. The summed E-state index contributed by atoms with van der Waals surface area (Å²) >= 11 is 0. The Morgan fingerprint density at radius 2 is 2.05 bits per heavy atom. The molecule has 0 saturated carbocycles. The largest absolute Gasteiger partial charge is 0.452 e. The first-order chi connectivity index (χ1) is 10.2. The average Bonchev–Trinajstić information content (AvgIpc) is 2.93. The molecule has 0 aliphatic carbocycles. The van der Waals surface area contributed by atoms with Crippen molar-refractivity contribution in [3.05, 3.63) is 36.0 Å². The number of rotatable bonds is 7. The minimum atomic E-state index is -0.490. The number of esters is 1. The minimum Gasteiger partial charge on any atom is -0.452 e. The third-order valence-corrected chi connectivity index (χ3v) is 3.25. The highest BCUT2D eigenvalue weighted by Gasteiger charge is 2.14. The average molecular weight is 288 g/mol. The maximum Gasteiger partial charge on any atom is 0.340 e. The summed E-state index contributed by atoms with van der Waals surface area (Å²) in [6.45, 7) is 2.48. The molecule has 2 aromatic rings. The van der Waals surface area contributed by atoms with Crippen molar-refractivity contribution >= 4 is 22.8 Å². The van der Waals surface area contributed by atoms with Gasteiger partial charge in [-0.05, 0) is 12.5 Å². The molecular formula is C16H20N2O3. The van der Waals surface area contributed by atoms with Gasteiger partial charge in [0.05, 0.1) is 5.56 Å². The number of para-hydroxylation sites is 1. The van der Waals surface area contributed by atoms with Gasteiger partial charge in [-0.15, -0.1) is 0 Å². The zero-order chi connectivity index (χ0) is 15.1. The number of hydrogen-bond donors (Lipinski definition) is 2. The van der Waals surface area contributed by atoms with Crippen LogP contribution in [0.4, 0.5) is 0 Å². The van der Waals surface area contributed by atoms with E-state index in [9.17, 15) is 9.59 Å². The van der Waals surface area contributed by atoms with Gasteiger partial charge in [0, 0.05) is 23.6 Å². The monoisotopic (exact) mass is 288 g/mol. The molecule has 0 aliphatic rings. The van der Waals surface area contributed by atoms with Crippen molar-refractivity contribution in [3.63, 3.8) is 0 Å². The number of ether oxygens (including phenoxy) is 1. The highest BCUT2D eigenvalue weighted by atomic mass is 16.5. The van der Waals surface area contributed by atoms with Crippen molar-refractivity contribution in [3.8, 4) is 0 Å². The van der Waals surface area contributed by atoms with E-state index in [2.05, 4.69) is 17.2 Å². The third-order valence-electron chi connectivity index (χ3n) is 3.25. The molecular weight excluding hydrogens is 268 g/mol. The predicted octanol–water partition coefficient (Wildman–Crippen LogP) is 2.63. The van der Waals surface area contributed by atoms with Crippen LogP contribution in [0, 0.1) is 0 Å². The van der Waals surface area contributed by atoms with E-state index in [4.69, 9.17) is 4.74 Å². The van der Waals surface area contributed by atoms with Gasteiger partial charge < -0.3 is 15.0 Å². The van der Waals surface area contributed by atoms with Gasteiger partial charge in [-0.25, -0.2) is 4.79 Å². The minimum absolute atomic E-state index is 0.246. The summed E-state index contributed by atoms with van der Waals surface area (Å²) in [5.74, 6) is -0.754. The molecule has 21 heavy (non-hydrogen) atoms. The summed E-state index contributed by atoms with van der Waals surface area (Å²) in [7, 11) is 0. The smallest absolute Gasteiger partial charge is 0.340 e. The molecule has 5 heteroatoms. The van der Waals surface area contributed by atoms with Gasteiger partial charge in [-0.1, -0.05) is 38.0 Å². The number of carbonyl (C=O) groups is 2. The SMILES string of the molecule is CCCCCNC(=O)COC(=O)c1c[nH]c2ccccc12. The zero-order valence-electron chi connectivity index (χ0n) is 12.1. The summed E-state index contributed by atoms with van der Waals surface area (Å²) in [6, 6.07) is 7.46. The van der Waals surface area contributed by atoms with E-state index in [1.54, 1.807) is 6.20 Å². The molecule has 112 valence electrons. The molecule has 1 amide bonds. The second-order valence-corrected chi connectivity index (χ2v) is 4.88. The van der Waals surface area contributed by atoms with Gasteiger partial charge >= 0.3 is 5.97 Å².